The Bertz CT molecular complexity index is 951. The van der Waals surface area contributed by atoms with Crippen molar-refractivity contribution < 1.29 is 4.79 Å². The molecule has 3 rings (SSSR count). The molecule has 0 atom stereocenters. The number of carbonyl (C=O) groups excluding carboxylic acids is 1. The first kappa shape index (κ1) is 21.3. The Labute approximate surface area is 180 Å². The van der Waals surface area contributed by atoms with Crippen molar-refractivity contribution >= 4 is 39.8 Å². The van der Waals surface area contributed by atoms with Crippen molar-refractivity contribution in [3.8, 4) is 0 Å². The maximum absolute atomic E-state index is 13.0. The third kappa shape index (κ3) is 6.05. The first-order chi connectivity index (χ1) is 13.8. The Kier molecular flexibility index (Phi) is 6.92. The van der Waals surface area contributed by atoms with E-state index in [0.29, 0.717) is 12.3 Å². The topological polar surface area (TPSA) is 58.1 Å². The molecule has 0 radical (unpaired) electrons. The summed E-state index contributed by atoms with van der Waals surface area (Å²) in [5.74, 6) is 0.429. The zero-order valence-corrected chi connectivity index (χ0v) is 18.8. The quantitative estimate of drug-likeness (QED) is 0.505. The summed E-state index contributed by atoms with van der Waals surface area (Å²) in [5, 5.41) is 12.4. The number of aromatic nitrogens is 2. The van der Waals surface area contributed by atoms with E-state index in [9.17, 15) is 4.79 Å². The lowest BCUT2D eigenvalue weighted by Crippen LogP contribution is -2.45. The van der Waals surface area contributed by atoms with Crippen LogP contribution < -0.4 is 5.32 Å². The van der Waals surface area contributed by atoms with E-state index in [0.717, 1.165) is 26.3 Å². The highest BCUT2D eigenvalue weighted by molar-refractivity contribution is 8.01. The van der Waals surface area contributed by atoms with Gasteiger partial charge in [-0.15, -0.1) is 10.2 Å². The number of hydrogen-bond donors (Lipinski definition) is 1. The molecule has 0 saturated carbocycles. The number of hydrogen-bond acceptors (Lipinski definition) is 6. The monoisotopic (exact) mass is 426 g/mol. The van der Waals surface area contributed by atoms with Crippen molar-refractivity contribution in [2.45, 2.75) is 44.1 Å². The van der Waals surface area contributed by atoms with Gasteiger partial charge in [-0.25, -0.2) is 0 Å². The zero-order valence-electron chi connectivity index (χ0n) is 17.2. The number of benzene rings is 2. The summed E-state index contributed by atoms with van der Waals surface area (Å²) in [7, 11) is 0. The Morgan fingerprint density at radius 1 is 1.07 bits per heavy atom. The Morgan fingerprint density at radius 2 is 1.76 bits per heavy atom. The molecular formula is C22H26N4OS2. The van der Waals surface area contributed by atoms with Crippen molar-refractivity contribution in [2.24, 2.45) is 0 Å². The summed E-state index contributed by atoms with van der Waals surface area (Å²) in [4.78, 5) is 14.9. The van der Waals surface area contributed by atoms with Crippen LogP contribution in [0.1, 0.15) is 31.9 Å². The number of thioether (sulfide) groups is 1. The van der Waals surface area contributed by atoms with Gasteiger partial charge < -0.3 is 10.2 Å². The zero-order chi connectivity index (χ0) is 20.9. The molecule has 0 unspecified atom stereocenters. The highest BCUT2D eigenvalue weighted by Crippen LogP contribution is 2.29. The molecule has 0 fully saturated rings. The Morgan fingerprint density at radius 3 is 2.45 bits per heavy atom. The Hall–Kier alpha value is -2.38. The fourth-order valence-electron chi connectivity index (χ4n) is 2.81. The minimum absolute atomic E-state index is 0.0926. The maximum atomic E-state index is 13.0. The fourth-order valence-corrected chi connectivity index (χ4v) is 4.45. The first-order valence-corrected chi connectivity index (χ1v) is 11.3. The predicted octanol–water partition coefficient (Wildman–Crippen LogP) is 5.51. The summed E-state index contributed by atoms with van der Waals surface area (Å²) in [6.07, 6.45) is 0. The third-order valence-electron chi connectivity index (χ3n) is 4.41. The van der Waals surface area contributed by atoms with Gasteiger partial charge in [0.05, 0.1) is 5.75 Å². The number of nitrogens with zero attached hydrogens (tertiary/aromatic N) is 3. The van der Waals surface area contributed by atoms with Gasteiger partial charge in [0.2, 0.25) is 11.0 Å². The number of carbonyl (C=O) groups is 1. The van der Waals surface area contributed by atoms with Crippen molar-refractivity contribution in [1.82, 2.24) is 15.1 Å². The average molecular weight is 427 g/mol. The van der Waals surface area contributed by atoms with Crippen LogP contribution in [0.25, 0.3) is 0 Å². The smallest absolute Gasteiger partial charge is 0.233 e. The molecule has 7 heteroatoms. The molecule has 3 aromatic rings. The van der Waals surface area contributed by atoms with Crippen LogP contribution in [-0.2, 0) is 11.3 Å². The van der Waals surface area contributed by atoms with Crippen molar-refractivity contribution in [2.75, 3.05) is 11.1 Å². The molecule has 1 amide bonds. The van der Waals surface area contributed by atoms with Crippen molar-refractivity contribution in [3.63, 3.8) is 0 Å². The molecule has 2 aromatic carbocycles. The average Bonchev–Trinajstić information content (AvgIpc) is 3.13. The van der Waals surface area contributed by atoms with Gasteiger partial charge in [0.15, 0.2) is 4.34 Å². The lowest BCUT2D eigenvalue weighted by atomic mass is 10.0. The number of anilines is 2. The normalized spacial score (nSPS) is 11.3. The van der Waals surface area contributed by atoms with Gasteiger partial charge in [-0.05, 0) is 44.9 Å². The van der Waals surface area contributed by atoms with E-state index in [-0.39, 0.29) is 11.4 Å². The van der Waals surface area contributed by atoms with Crippen molar-refractivity contribution in [1.29, 1.82) is 0 Å². The summed E-state index contributed by atoms with van der Waals surface area (Å²) in [5.41, 5.74) is 3.03. The fraction of sp³-hybridized carbons (Fsp3) is 0.318. The van der Waals surface area contributed by atoms with E-state index >= 15 is 0 Å². The second-order valence-corrected chi connectivity index (χ2v) is 9.94. The second-order valence-electron chi connectivity index (χ2n) is 7.74. The van der Waals surface area contributed by atoms with E-state index in [1.54, 1.807) is 0 Å². The molecule has 29 heavy (non-hydrogen) atoms. The molecule has 0 aliphatic heterocycles. The second kappa shape index (κ2) is 9.41. The largest absolute Gasteiger partial charge is 0.333 e. The lowest BCUT2D eigenvalue weighted by molar-refractivity contribution is -0.133. The third-order valence-corrected chi connectivity index (χ3v) is 6.36. The van der Waals surface area contributed by atoms with Gasteiger partial charge in [-0.2, -0.15) is 0 Å². The molecule has 5 nitrogen and oxygen atoms in total. The number of para-hydroxylation sites is 1. The molecule has 0 spiro atoms. The van der Waals surface area contributed by atoms with Crippen LogP contribution in [0, 0.1) is 6.92 Å². The van der Waals surface area contributed by atoms with Crippen LogP contribution in [0.4, 0.5) is 10.8 Å². The predicted molar refractivity (Wildman–Crippen MR) is 122 cm³/mol. The summed E-state index contributed by atoms with van der Waals surface area (Å²) < 4.78 is 0.781. The number of nitrogens with one attached hydrogen (secondary N) is 1. The molecule has 0 saturated heterocycles. The van der Waals surface area contributed by atoms with Crippen LogP contribution in [-0.4, -0.2) is 32.3 Å². The van der Waals surface area contributed by atoms with E-state index in [4.69, 9.17) is 0 Å². The minimum atomic E-state index is -0.258. The minimum Gasteiger partial charge on any atom is -0.333 e. The first-order valence-electron chi connectivity index (χ1n) is 9.46. The molecular weight excluding hydrogens is 400 g/mol. The molecule has 0 aliphatic carbocycles. The van der Waals surface area contributed by atoms with Gasteiger partial charge in [0.25, 0.3) is 0 Å². The van der Waals surface area contributed by atoms with Crippen LogP contribution in [0.15, 0.2) is 58.9 Å². The van der Waals surface area contributed by atoms with E-state index in [2.05, 4.69) is 36.3 Å². The molecule has 0 bridgehead atoms. The molecule has 1 aromatic heterocycles. The summed E-state index contributed by atoms with van der Waals surface area (Å²) in [6.45, 7) is 8.83. The van der Waals surface area contributed by atoms with Gasteiger partial charge in [0.1, 0.15) is 0 Å². The van der Waals surface area contributed by atoms with Gasteiger partial charge in [-0.3, -0.25) is 4.79 Å². The number of amides is 1. The highest BCUT2D eigenvalue weighted by Gasteiger charge is 2.26. The number of rotatable bonds is 7. The molecule has 1 heterocycles. The standard InChI is InChI=1S/C22H26N4OS2/c1-16-10-8-9-13-18(16)23-20-24-25-21(29-20)28-15-19(27)26(22(2,3)4)14-17-11-6-5-7-12-17/h5-13H,14-15H2,1-4H3,(H,23,24). The Balaban J connectivity index is 1.61. The highest BCUT2D eigenvalue weighted by atomic mass is 32.2. The van der Waals surface area contributed by atoms with E-state index in [1.807, 2.05) is 66.4 Å². The molecule has 0 aliphatic rings. The van der Waals surface area contributed by atoms with Crippen molar-refractivity contribution in [3.05, 3.63) is 65.7 Å². The summed E-state index contributed by atoms with van der Waals surface area (Å²) in [6, 6.07) is 18.1. The number of aryl methyl sites for hydroxylation is 1. The lowest BCUT2D eigenvalue weighted by Gasteiger charge is -2.36. The molecule has 152 valence electrons. The van der Waals surface area contributed by atoms with Crippen LogP contribution in [0.5, 0.6) is 0 Å². The van der Waals surface area contributed by atoms with Gasteiger partial charge >= 0.3 is 0 Å². The van der Waals surface area contributed by atoms with E-state index < -0.39 is 0 Å². The van der Waals surface area contributed by atoms with Crippen LogP contribution >= 0.6 is 23.1 Å². The van der Waals surface area contributed by atoms with E-state index in [1.165, 1.54) is 23.1 Å². The van der Waals surface area contributed by atoms with Crippen LogP contribution in [0.3, 0.4) is 0 Å². The SMILES string of the molecule is Cc1ccccc1Nc1nnc(SCC(=O)N(Cc2ccccc2)C(C)(C)C)s1. The maximum Gasteiger partial charge on any atom is 0.233 e. The summed E-state index contributed by atoms with van der Waals surface area (Å²) >= 11 is 2.89. The van der Waals surface area contributed by atoms with Gasteiger partial charge in [-0.1, -0.05) is 71.6 Å². The van der Waals surface area contributed by atoms with Crippen LogP contribution in [0.2, 0.25) is 0 Å². The molecule has 1 N–H and O–H groups in total. The van der Waals surface area contributed by atoms with Gasteiger partial charge in [0, 0.05) is 17.8 Å².